The molecule has 10 heavy (non-hydrogen) atoms. The Bertz CT molecular complexity index is 114. The second-order valence-corrected chi connectivity index (χ2v) is 2.32. The van der Waals surface area contributed by atoms with Gasteiger partial charge in [0.25, 0.3) is 0 Å². The molecule has 0 amide bonds. The van der Waals surface area contributed by atoms with Gasteiger partial charge in [0.05, 0.1) is 0 Å². The van der Waals surface area contributed by atoms with Crippen molar-refractivity contribution in [3.8, 4) is 0 Å². The van der Waals surface area contributed by atoms with Gasteiger partial charge in [-0.15, -0.1) is 0 Å². The number of carboxylic acids is 1. The van der Waals surface area contributed by atoms with Crippen LogP contribution in [0.15, 0.2) is 0 Å². The third-order valence-electron chi connectivity index (χ3n) is 1.09. The lowest BCUT2D eigenvalue weighted by molar-refractivity contribution is -0.158. The first-order chi connectivity index (χ1) is 4.59. The van der Waals surface area contributed by atoms with Gasteiger partial charge in [-0.05, 0) is 5.92 Å². The van der Waals surface area contributed by atoms with Crippen molar-refractivity contribution in [1.82, 2.24) is 5.48 Å². The summed E-state index contributed by atoms with van der Waals surface area (Å²) in [7, 11) is 1.54. The molecule has 0 spiro atoms. The van der Waals surface area contributed by atoms with E-state index in [1.807, 2.05) is 0 Å². The molecule has 0 radical (unpaired) electrons. The Balaban J connectivity index is 3.85. The molecule has 0 bridgehead atoms. The third-order valence-corrected chi connectivity index (χ3v) is 1.09. The second-order valence-electron chi connectivity index (χ2n) is 2.32. The molecule has 0 fully saturated rings. The zero-order valence-corrected chi connectivity index (χ0v) is 6.42. The first-order valence-corrected chi connectivity index (χ1v) is 3.14. The van der Waals surface area contributed by atoms with Crippen LogP contribution in [0.4, 0.5) is 0 Å². The first-order valence-electron chi connectivity index (χ1n) is 3.14. The predicted octanol–water partition coefficient (Wildman–Crippen LogP) is 0.247. The minimum absolute atomic E-state index is 0.0232. The van der Waals surface area contributed by atoms with Gasteiger partial charge in [-0.3, -0.25) is 4.84 Å². The van der Waals surface area contributed by atoms with Gasteiger partial charge >= 0.3 is 5.97 Å². The Morgan fingerprint density at radius 3 is 2.20 bits per heavy atom. The molecule has 1 atom stereocenters. The van der Waals surface area contributed by atoms with Gasteiger partial charge in [0.1, 0.15) is 0 Å². The molecule has 0 aromatic heterocycles. The Hall–Kier alpha value is -0.610. The maximum atomic E-state index is 10.4. The molecule has 60 valence electrons. The highest BCUT2D eigenvalue weighted by molar-refractivity contribution is 5.72. The van der Waals surface area contributed by atoms with E-state index in [-0.39, 0.29) is 5.92 Å². The highest BCUT2D eigenvalue weighted by atomic mass is 16.7. The number of carboxylic acid groups (broad SMARTS) is 1. The van der Waals surface area contributed by atoms with Crippen LogP contribution in [-0.4, -0.2) is 24.2 Å². The van der Waals surface area contributed by atoms with Crippen molar-refractivity contribution >= 4 is 5.97 Å². The van der Waals surface area contributed by atoms with Crippen molar-refractivity contribution in [3.05, 3.63) is 0 Å². The molecular weight excluding hydrogens is 134 g/mol. The zero-order valence-electron chi connectivity index (χ0n) is 6.42. The molecule has 0 aliphatic carbocycles. The minimum atomic E-state index is -0.940. The molecule has 0 rings (SSSR count). The lowest BCUT2D eigenvalue weighted by Gasteiger charge is -2.14. The maximum Gasteiger partial charge on any atom is 0.335 e. The van der Waals surface area contributed by atoms with Crippen molar-refractivity contribution in [2.24, 2.45) is 5.92 Å². The van der Waals surface area contributed by atoms with Crippen LogP contribution < -0.4 is 5.48 Å². The molecular formula is C6H13NO3. The number of hydrogen-bond acceptors (Lipinski definition) is 3. The smallest absolute Gasteiger partial charge is 0.335 e. The van der Waals surface area contributed by atoms with Crippen LogP contribution in [0.3, 0.4) is 0 Å². The van der Waals surface area contributed by atoms with Crippen LogP contribution in [0.5, 0.6) is 0 Å². The number of rotatable bonds is 4. The fraction of sp³-hybridized carbons (Fsp3) is 0.833. The average molecular weight is 147 g/mol. The van der Waals surface area contributed by atoms with Gasteiger partial charge < -0.3 is 5.11 Å². The molecule has 0 saturated carbocycles. The van der Waals surface area contributed by atoms with E-state index in [4.69, 9.17) is 9.94 Å². The van der Waals surface area contributed by atoms with E-state index in [0.29, 0.717) is 0 Å². The van der Waals surface area contributed by atoms with Gasteiger partial charge in [-0.25, -0.2) is 10.3 Å². The number of nitrogens with one attached hydrogen (secondary N) is 1. The monoisotopic (exact) mass is 147 g/mol. The maximum absolute atomic E-state index is 10.4. The molecule has 4 nitrogen and oxygen atoms in total. The minimum Gasteiger partial charge on any atom is -0.479 e. The van der Waals surface area contributed by atoms with Crippen molar-refractivity contribution in [2.75, 3.05) is 7.05 Å². The summed E-state index contributed by atoms with van der Waals surface area (Å²) in [5.41, 5.74) is 2.35. The summed E-state index contributed by atoms with van der Waals surface area (Å²) in [6.45, 7) is 3.58. The summed E-state index contributed by atoms with van der Waals surface area (Å²) in [4.78, 5) is 15.1. The Kier molecular flexibility index (Phi) is 3.99. The summed E-state index contributed by atoms with van der Waals surface area (Å²) in [6.07, 6.45) is -0.759. The Morgan fingerprint density at radius 1 is 1.60 bits per heavy atom. The molecule has 0 saturated heterocycles. The second kappa shape index (κ2) is 4.24. The SMILES string of the molecule is CNOC(C(=O)O)C(C)C. The van der Waals surface area contributed by atoms with Gasteiger partial charge in [0, 0.05) is 7.05 Å². The highest BCUT2D eigenvalue weighted by Gasteiger charge is 2.21. The molecule has 0 aliphatic heterocycles. The predicted molar refractivity (Wildman–Crippen MR) is 36.4 cm³/mol. The third kappa shape index (κ3) is 2.80. The molecule has 0 aromatic rings. The standard InChI is InChI=1S/C6H13NO3/c1-4(2)5(6(8)9)10-7-3/h4-5,7H,1-3H3,(H,8,9). The van der Waals surface area contributed by atoms with E-state index >= 15 is 0 Å². The lowest BCUT2D eigenvalue weighted by Crippen LogP contribution is -2.33. The van der Waals surface area contributed by atoms with Crippen LogP contribution in [0.1, 0.15) is 13.8 Å². The summed E-state index contributed by atoms with van der Waals surface area (Å²) in [5.74, 6) is -0.964. The van der Waals surface area contributed by atoms with E-state index in [0.717, 1.165) is 0 Å². The Labute approximate surface area is 60.1 Å². The summed E-state index contributed by atoms with van der Waals surface area (Å²) in [6, 6.07) is 0. The van der Waals surface area contributed by atoms with Gasteiger partial charge in [-0.1, -0.05) is 13.8 Å². The van der Waals surface area contributed by atoms with Gasteiger partial charge in [-0.2, -0.15) is 0 Å². The summed E-state index contributed by atoms with van der Waals surface area (Å²) < 4.78 is 0. The fourth-order valence-electron chi connectivity index (χ4n) is 0.599. The van der Waals surface area contributed by atoms with E-state index < -0.39 is 12.1 Å². The van der Waals surface area contributed by atoms with Crippen LogP contribution in [-0.2, 0) is 9.63 Å². The number of aliphatic carboxylic acids is 1. The molecule has 1 unspecified atom stereocenters. The number of hydrogen-bond donors (Lipinski definition) is 2. The van der Waals surface area contributed by atoms with Crippen molar-refractivity contribution in [1.29, 1.82) is 0 Å². The molecule has 2 N–H and O–H groups in total. The van der Waals surface area contributed by atoms with E-state index in [1.54, 1.807) is 20.9 Å². The zero-order chi connectivity index (χ0) is 8.15. The summed E-state index contributed by atoms with van der Waals surface area (Å²) >= 11 is 0. The normalized spacial score (nSPS) is 13.6. The topological polar surface area (TPSA) is 58.6 Å². The molecule has 0 aromatic carbocycles. The van der Waals surface area contributed by atoms with E-state index in [2.05, 4.69) is 5.48 Å². The number of hydroxylamine groups is 1. The Morgan fingerprint density at radius 2 is 2.10 bits per heavy atom. The summed E-state index contributed by atoms with van der Waals surface area (Å²) in [5, 5.41) is 8.51. The first kappa shape index (κ1) is 9.39. The van der Waals surface area contributed by atoms with Crippen molar-refractivity contribution in [3.63, 3.8) is 0 Å². The van der Waals surface area contributed by atoms with Crippen LogP contribution in [0, 0.1) is 5.92 Å². The van der Waals surface area contributed by atoms with Gasteiger partial charge in [0.15, 0.2) is 6.10 Å². The molecule has 0 aliphatic rings. The quantitative estimate of drug-likeness (QED) is 0.559. The molecule has 0 heterocycles. The van der Waals surface area contributed by atoms with E-state index in [9.17, 15) is 4.79 Å². The van der Waals surface area contributed by atoms with Crippen molar-refractivity contribution < 1.29 is 14.7 Å². The lowest BCUT2D eigenvalue weighted by atomic mass is 10.1. The largest absolute Gasteiger partial charge is 0.479 e. The van der Waals surface area contributed by atoms with Crippen molar-refractivity contribution in [2.45, 2.75) is 20.0 Å². The van der Waals surface area contributed by atoms with Gasteiger partial charge in [0.2, 0.25) is 0 Å². The molecule has 4 heteroatoms. The number of carbonyl (C=O) groups is 1. The average Bonchev–Trinajstić information content (AvgIpc) is 1.81. The fourth-order valence-corrected chi connectivity index (χ4v) is 0.599. The van der Waals surface area contributed by atoms with Crippen LogP contribution in [0.25, 0.3) is 0 Å². The highest BCUT2D eigenvalue weighted by Crippen LogP contribution is 2.04. The van der Waals surface area contributed by atoms with E-state index in [1.165, 1.54) is 0 Å². The van der Waals surface area contributed by atoms with Crippen LogP contribution in [0.2, 0.25) is 0 Å². The van der Waals surface area contributed by atoms with Crippen LogP contribution >= 0.6 is 0 Å².